The van der Waals surface area contributed by atoms with Gasteiger partial charge in [0.2, 0.25) is 0 Å². The first kappa shape index (κ1) is 14.1. The van der Waals surface area contributed by atoms with Crippen molar-refractivity contribution in [3.63, 3.8) is 0 Å². The number of hydrogen-bond acceptors (Lipinski definition) is 5. The van der Waals surface area contributed by atoms with E-state index in [1.165, 1.54) is 0 Å². The van der Waals surface area contributed by atoms with Gasteiger partial charge in [-0.2, -0.15) is 4.98 Å². The van der Waals surface area contributed by atoms with Gasteiger partial charge >= 0.3 is 0 Å². The van der Waals surface area contributed by atoms with E-state index in [4.69, 9.17) is 15.0 Å². The molecule has 110 valence electrons. The molecule has 2 aliphatic rings. The highest BCUT2D eigenvalue weighted by molar-refractivity contribution is 5.85. The lowest BCUT2D eigenvalue weighted by molar-refractivity contribution is 0.229. The molecule has 0 radical (unpaired) electrons. The van der Waals surface area contributed by atoms with E-state index >= 15 is 0 Å². The van der Waals surface area contributed by atoms with E-state index in [2.05, 4.69) is 10.1 Å². The Bertz CT molecular complexity index is 692. The molecule has 0 spiro atoms. The van der Waals surface area contributed by atoms with Crippen LogP contribution < -0.4 is 10.5 Å². The number of ether oxygens (including phenoxy) is 1. The van der Waals surface area contributed by atoms with Crippen LogP contribution in [-0.4, -0.2) is 16.7 Å². The van der Waals surface area contributed by atoms with E-state index in [0.717, 1.165) is 36.1 Å². The molecule has 0 amide bonds. The first-order valence-electron chi connectivity index (χ1n) is 6.80. The lowest BCUT2D eigenvalue weighted by atomic mass is 9.77. The summed E-state index contributed by atoms with van der Waals surface area (Å²) >= 11 is 0. The van der Waals surface area contributed by atoms with Crippen molar-refractivity contribution in [2.24, 2.45) is 5.73 Å². The third kappa shape index (κ3) is 2.32. The van der Waals surface area contributed by atoms with E-state index in [0.29, 0.717) is 18.3 Å². The van der Waals surface area contributed by atoms with Crippen molar-refractivity contribution in [1.29, 1.82) is 0 Å². The zero-order valence-electron chi connectivity index (χ0n) is 11.4. The highest BCUT2D eigenvalue weighted by Crippen LogP contribution is 2.38. The van der Waals surface area contributed by atoms with Gasteiger partial charge in [0.25, 0.3) is 5.89 Å². The first-order valence-corrected chi connectivity index (χ1v) is 6.80. The average molecular weight is 306 g/mol. The first-order chi connectivity index (χ1) is 9.74. The predicted octanol–water partition coefficient (Wildman–Crippen LogP) is 2.76. The Morgan fingerprint density at radius 1 is 1.19 bits per heavy atom. The smallest absolute Gasteiger partial charge is 0.257 e. The maximum Gasteiger partial charge on any atom is 0.257 e. The molecule has 0 saturated heterocycles. The molecule has 2 N–H and O–H groups in total. The van der Waals surface area contributed by atoms with Gasteiger partial charge in [0.15, 0.2) is 5.82 Å². The van der Waals surface area contributed by atoms with E-state index in [1.54, 1.807) is 0 Å². The second-order valence-electron chi connectivity index (χ2n) is 5.43. The lowest BCUT2D eigenvalue weighted by Gasteiger charge is -2.34. The maximum absolute atomic E-state index is 6.21. The number of nitrogens with zero attached hydrogens (tertiary/aromatic N) is 2. The fourth-order valence-electron chi connectivity index (χ4n) is 2.58. The van der Waals surface area contributed by atoms with Crippen molar-refractivity contribution in [3.05, 3.63) is 41.5 Å². The molecule has 0 bridgehead atoms. The van der Waals surface area contributed by atoms with Crippen LogP contribution in [0.3, 0.4) is 0 Å². The fraction of sp³-hybridized carbons (Fsp3) is 0.333. The largest absolute Gasteiger partial charge is 0.488 e. The molecule has 1 fully saturated rings. The Balaban J connectivity index is 0.00000132. The Hall–Kier alpha value is -1.85. The highest BCUT2D eigenvalue weighted by atomic mass is 35.5. The van der Waals surface area contributed by atoms with E-state index < -0.39 is 5.54 Å². The van der Waals surface area contributed by atoms with E-state index in [1.807, 2.05) is 30.3 Å². The average Bonchev–Trinajstić information content (AvgIpc) is 2.94. The summed E-state index contributed by atoms with van der Waals surface area (Å²) in [6.45, 7) is 0.441. The van der Waals surface area contributed by atoms with Crippen molar-refractivity contribution >= 4 is 24.1 Å². The molecule has 21 heavy (non-hydrogen) atoms. The van der Waals surface area contributed by atoms with Gasteiger partial charge in [-0.25, -0.2) is 0 Å². The van der Waals surface area contributed by atoms with Crippen LogP contribution in [0.1, 0.15) is 36.5 Å². The number of para-hydroxylation sites is 1. The molecular weight excluding hydrogens is 290 g/mol. The normalized spacial score (nSPS) is 18.6. The fourth-order valence-corrected chi connectivity index (χ4v) is 2.58. The van der Waals surface area contributed by atoms with Crippen molar-refractivity contribution in [2.75, 3.05) is 6.61 Å². The number of aromatic nitrogens is 2. The highest BCUT2D eigenvalue weighted by Gasteiger charge is 2.39. The van der Waals surface area contributed by atoms with E-state index in [-0.39, 0.29) is 12.4 Å². The van der Waals surface area contributed by atoms with Gasteiger partial charge in [-0.15, -0.1) is 12.4 Å². The molecule has 2 heterocycles. The Morgan fingerprint density at radius 3 is 2.76 bits per heavy atom. The van der Waals surface area contributed by atoms with Crippen LogP contribution in [-0.2, 0) is 5.54 Å². The van der Waals surface area contributed by atoms with Crippen LogP contribution in [0.5, 0.6) is 5.75 Å². The monoisotopic (exact) mass is 305 g/mol. The van der Waals surface area contributed by atoms with Gasteiger partial charge in [-0.3, -0.25) is 0 Å². The molecule has 4 rings (SSSR count). The SMILES string of the molecule is Cl.NC1(c2noc(C3=Cc4ccccc4OC3)n2)CCC1. The van der Waals surface area contributed by atoms with Crippen LogP contribution in [0, 0.1) is 0 Å². The molecule has 1 aromatic carbocycles. The second-order valence-corrected chi connectivity index (χ2v) is 5.43. The predicted molar refractivity (Wildman–Crippen MR) is 81.1 cm³/mol. The molecule has 0 unspecified atom stereocenters. The number of fused-ring (bicyclic) bond motifs is 1. The van der Waals surface area contributed by atoms with Gasteiger partial charge in [-0.1, -0.05) is 23.4 Å². The standard InChI is InChI=1S/C15H15N3O2.ClH/c16-15(6-3-7-15)14-17-13(20-18-14)11-8-10-4-1-2-5-12(10)19-9-11;/h1-2,4-5,8H,3,6-7,9,16H2;1H. The number of benzene rings is 1. The van der Waals surface area contributed by atoms with E-state index in [9.17, 15) is 0 Å². The van der Waals surface area contributed by atoms with Crippen molar-refractivity contribution in [2.45, 2.75) is 24.8 Å². The van der Waals surface area contributed by atoms with Crippen molar-refractivity contribution < 1.29 is 9.26 Å². The summed E-state index contributed by atoms with van der Waals surface area (Å²) in [4.78, 5) is 4.45. The topological polar surface area (TPSA) is 74.2 Å². The quantitative estimate of drug-likeness (QED) is 0.923. The Kier molecular flexibility index (Phi) is 3.47. The number of halogens is 1. The summed E-state index contributed by atoms with van der Waals surface area (Å²) in [6.07, 6.45) is 4.99. The molecule has 1 aromatic heterocycles. The molecule has 1 saturated carbocycles. The van der Waals surface area contributed by atoms with Crippen LogP contribution >= 0.6 is 12.4 Å². The number of rotatable bonds is 2. The number of hydrogen-bond donors (Lipinski definition) is 1. The molecule has 2 aromatic rings. The van der Waals surface area contributed by atoms with Crippen molar-refractivity contribution in [1.82, 2.24) is 10.1 Å². The summed E-state index contributed by atoms with van der Waals surface area (Å²) in [5.74, 6) is 2.00. The summed E-state index contributed by atoms with van der Waals surface area (Å²) < 4.78 is 11.1. The van der Waals surface area contributed by atoms with Crippen LogP contribution in [0.2, 0.25) is 0 Å². The molecule has 0 atom stereocenters. The zero-order chi connectivity index (χ0) is 13.6. The molecular formula is C15H16ClN3O2. The van der Waals surface area contributed by atoms with Gasteiger partial charge in [0, 0.05) is 5.56 Å². The third-order valence-corrected chi connectivity index (χ3v) is 4.02. The van der Waals surface area contributed by atoms with Crippen LogP contribution in [0.4, 0.5) is 0 Å². The molecule has 6 heteroatoms. The summed E-state index contributed by atoms with van der Waals surface area (Å²) in [6, 6.07) is 7.88. The minimum Gasteiger partial charge on any atom is -0.488 e. The Labute approximate surface area is 128 Å². The van der Waals surface area contributed by atoms with Gasteiger partial charge in [0.1, 0.15) is 12.4 Å². The maximum atomic E-state index is 6.21. The number of nitrogens with two attached hydrogens (primary N) is 1. The second kappa shape index (κ2) is 5.16. The van der Waals surface area contributed by atoms with Gasteiger partial charge in [-0.05, 0) is 31.4 Å². The Morgan fingerprint density at radius 2 is 2.00 bits per heavy atom. The van der Waals surface area contributed by atoms with Crippen molar-refractivity contribution in [3.8, 4) is 5.75 Å². The minimum atomic E-state index is -0.393. The van der Waals surface area contributed by atoms with Gasteiger partial charge in [0.05, 0.1) is 11.1 Å². The molecule has 1 aliphatic carbocycles. The molecule has 5 nitrogen and oxygen atoms in total. The molecule has 1 aliphatic heterocycles. The van der Waals surface area contributed by atoms with Crippen LogP contribution in [0.15, 0.2) is 28.8 Å². The van der Waals surface area contributed by atoms with Gasteiger partial charge < -0.3 is 15.0 Å². The summed E-state index contributed by atoms with van der Waals surface area (Å²) in [7, 11) is 0. The lowest BCUT2D eigenvalue weighted by Crippen LogP contribution is -2.44. The minimum absolute atomic E-state index is 0. The third-order valence-electron chi connectivity index (χ3n) is 4.02. The zero-order valence-corrected chi connectivity index (χ0v) is 12.2. The summed E-state index contributed by atoms with van der Waals surface area (Å²) in [5, 5.41) is 4.03. The summed E-state index contributed by atoms with van der Waals surface area (Å²) in [5.41, 5.74) is 7.74. The van der Waals surface area contributed by atoms with Crippen LogP contribution in [0.25, 0.3) is 11.6 Å².